The van der Waals surface area contributed by atoms with Crippen LogP contribution < -0.4 is 4.90 Å². The Morgan fingerprint density at radius 1 is 1.17 bits per heavy atom. The average molecular weight is 319 g/mol. The van der Waals surface area contributed by atoms with Crippen molar-refractivity contribution in [2.45, 2.75) is 19.6 Å². The van der Waals surface area contributed by atoms with E-state index in [1.54, 1.807) is 30.5 Å². The molecule has 0 saturated heterocycles. The monoisotopic (exact) mass is 319 g/mol. The lowest BCUT2D eigenvalue weighted by atomic mass is 10.2. The second-order valence-electron chi connectivity index (χ2n) is 5.77. The Kier molecular flexibility index (Phi) is 3.47. The Bertz CT molecular complexity index is 923. The third-order valence-electron chi connectivity index (χ3n) is 4.18. The molecule has 1 aliphatic rings. The van der Waals surface area contributed by atoms with Crippen LogP contribution >= 0.6 is 0 Å². The lowest BCUT2D eigenvalue weighted by Gasteiger charge is -2.17. The molecule has 0 bridgehead atoms. The predicted octanol–water partition coefficient (Wildman–Crippen LogP) is 2.86. The molecule has 0 atom stereocenters. The third-order valence-corrected chi connectivity index (χ3v) is 4.18. The highest BCUT2D eigenvalue weighted by atomic mass is 19.1. The fraction of sp³-hybridized carbons (Fsp3) is 0.167. The summed E-state index contributed by atoms with van der Waals surface area (Å²) in [6, 6.07) is 12.1. The number of aromatic nitrogens is 3. The highest BCUT2D eigenvalue weighted by Crippen LogP contribution is 2.27. The Hall–Kier alpha value is -3.20. The van der Waals surface area contributed by atoms with Gasteiger partial charge in [0.15, 0.2) is 0 Å². The Morgan fingerprint density at radius 3 is 2.79 bits per heavy atom. The molecule has 0 spiro atoms. The molecule has 4 rings (SSSR count). The van der Waals surface area contributed by atoms with Crippen molar-refractivity contribution in [3.05, 3.63) is 77.0 Å². The van der Waals surface area contributed by atoms with Crippen LogP contribution in [0.1, 0.15) is 22.4 Å². The van der Waals surface area contributed by atoms with Crippen molar-refractivity contribution in [2.24, 2.45) is 0 Å². The SMILES string of the molecule is N#Cc1ccnc(N2Cc3cnn(Cc4ccc(F)cc4)c3C2)c1. The van der Waals surface area contributed by atoms with Gasteiger partial charge in [-0.05, 0) is 29.8 Å². The van der Waals surface area contributed by atoms with Crippen molar-refractivity contribution in [1.29, 1.82) is 5.26 Å². The first-order valence-corrected chi connectivity index (χ1v) is 7.62. The largest absolute Gasteiger partial charge is 0.346 e. The zero-order valence-electron chi connectivity index (χ0n) is 12.9. The first-order chi connectivity index (χ1) is 11.7. The smallest absolute Gasteiger partial charge is 0.130 e. The van der Waals surface area contributed by atoms with E-state index >= 15 is 0 Å². The minimum Gasteiger partial charge on any atom is -0.346 e. The second kappa shape index (κ2) is 5.78. The van der Waals surface area contributed by atoms with Crippen LogP contribution in [-0.2, 0) is 19.6 Å². The number of halogens is 1. The van der Waals surface area contributed by atoms with Gasteiger partial charge in [0.25, 0.3) is 0 Å². The van der Waals surface area contributed by atoms with Crippen LogP contribution in [0.2, 0.25) is 0 Å². The molecule has 6 heteroatoms. The summed E-state index contributed by atoms with van der Waals surface area (Å²) in [5, 5.41) is 13.5. The molecule has 3 heterocycles. The summed E-state index contributed by atoms with van der Waals surface area (Å²) in [5.41, 5.74) is 3.89. The van der Waals surface area contributed by atoms with Crippen LogP contribution in [0.4, 0.5) is 10.2 Å². The van der Waals surface area contributed by atoms with E-state index in [1.165, 1.54) is 12.1 Å². The van der Waals surface area contributed by atoms with Gasteiger partial charge < -0.3 is 4.90 Å². The highest BCUT2D eigenvalue weighted by Gasteiger charge is 2.24. The quantitative estimate of drug-likeness (QED) is 0.745. The van der Waals surface area contributed by atoms with Crippen molar-refractivity contribution in [3.63, 3.8) is 0 Å². The molecule has 0 unspecified atom stereocenters. The van der Waals surface area contributed by atoms with Gasteiger partial charge in [0.2, 0.25) is 0 Å². The molecule has 0 amide bonds. The van der Waals surface area contributed by atoms with E-state index in [0.717, 1.165) is 29.2 Å². The molecule has 0 N–H and O–H groups in total. The van der Waals surface area contributed by atoms with E-state index in [0.29, 0.717) is 18.7 Å². The van der Waals surface area contributed by atoms with Gasteiger partial charge in [-0.15, -0.1) is 0 Å². The molecule has 118 valence electrons. The topological polar surface area (TPSA) is 57.7 Å². The van der Waals surface area contributed by atoms with Crippen LogP contribution in [0.25, 0.3) is 0 Å². The molecule has 3 aromatic rings. The zero-order chi connectivity index (χ0) is 16.5. The number of fused-ring (bicyclic) bond motifs is 1. The maximum absolute atomic E-state index is 13.0. The summed E-state index contributed by atoms with van der Waals surface area (Å²) in [7, 11) is 0. The predicted molar refractivity (Wildman–Crippen MR) is 86.6 cm³/mol. The molecule has 0 saturated carbocycles. The molecule has 1 aliphatic heterocycles. The average Bonchev–Trinajstić information content (AvgIpc) is 3.19. The summed E-state index contributed by atoms with van der Waals surface area (Å²) in [6.45, 7) is 2.02. The summed E-state index contributed by atoms with van der Waals surface area (Å²) < 4.78 is 15.0. The number of rotatable bonds is 3. The van der Waals surface area contributed by atoms with Gasteiger partial charge in [0.05, 0.1) is 36.6 Å². The first kappa shape index (κ1) is 14.4. The molecule has 0 radical (unpaired) electrons. The molecule has 0 aliphatic carbocycles. The van der Waals surface area contributed by atoms with Crippen LogP contribution in [-0.4, -0.2) is 14.8 Å². The minimum absolute atomic E-state index is 0.237. The van der Waals surface area contributed by atoms with Crippen molar-refractivity contribution in [1.82, 2.24) is 14.8 Å². The van der Waals surface area contributed by atoms with Crippen molar-refractivity contribution in [2.75, 3.05) is 4.90 Å². The van der Waals surface area contributed by atoms with Gasteiger partial charge in [-0.1, -0.05) is 12.1 Å². The van der Waals surface area contributed by atoms with Gasteiger partial charge in [-0.3, -0.25) is 4.68 Å². The molecule has 5 nitrogen and oxygen atoms in total. The molecule has 0 fully saturated rings. The number of anilines is 1. The minimum atomic E-state index is -0.237. The maximum Gasteiger partial charge on any atom is 0.130 e. The molecular formula is C18H14FN5. The van der Waals surface area contributed by atoms with E-state index in [-0.39, 0.29) is 5.82 Å². The standard InChI is InChI=1S/C18H14FN5/c19-16-3-1-13(2-4-16)10-24-17-12-23(11-15(17)9-22-24)18-7-14(8-20)5-6-21-18/h1-7,9H,10-12H2. The fourth-order valence-electron chi connectivity index (χ4n) is 2.93. The molecule has 2 aromatic heterocycles. The first-order valence-electron chi connectivity index (χ1n) is 7.62. The highest BCUT2D eigenvalue weighted by molar-refractivity contribution is 5.48. The number of hydrogen-bond acceptors (Lipinski definition) is 4. The van der Waals surface area contributed by atoms with E-state index in [1.807, 2.05) is 10.9 Å². The lowest BCUT2D eigenvalue weighted by molar-refractivity contribution is 0.620. The summed E-state index contributed by atoms with van der Waals surface area (Å²) in [6.07, 6.45) is 3.52. The Balaban J connectivity index is 1.56. The van der Waals surface area contributed by atoms with E-state index < -0.39 is 0 Å². The third kappa shape index (κ3) is 2.61. The van der Waals surface area contributed by atoms with Crippen molar-refractivity contribution in [3.8, 4) is 6.07 Å². The number of hydrogen-bond donors (Lipinski definition) is 0. The van der Waals surface area contributed by atoms with Gasteiger partial charge in [0, 0.05) is 18.3 Å². The van der Waals surface area contributed by atoms with E-state index in [4.69, 9.17) is 5.26 Å². The lowest BCUT2D eigenvalue weighted by Crippen LogP contribution is -2.18. The summed E-state index contributed by atoms with van der Waals surface area (Å²) in [5.74, 6) is 0.553. The summed E-state index contributed by atoms with van der Waals surface area (Å²) in [4.78, 5) is 6.48. The van der Waals surface area contributed by atoms with Gasteiger partial charge >= 0.3 is 0 Å². The van der Waals surface area contributed by atoms with Crippen molar-refractivity contribution < 1.29 is 4.39 Å². The maximum atomic E-state index is 13.0. The normalized spacial score (nSPS) is 12.9. The zero-order valence-corrected chi connectivity index (χ0v) is 12.9. The number of nitriles is 1. The van der Waals surface area contributed by atoms with Gasteiger partial charge in [0.1, 0.15) is 11.6 Å². The number of benzene rings is 1. The van der Waals surface area contributed by atoms with Gasteiger partial charge in [-0.25, -0.2) is 9.37 Å². The Labute approximate surface area is 138 Å². The van der Waals surface area contributed by atoms with Crippen LogP contribution in [0.15, 0.2) is 48.8 Å². The van der Waals surface area contributed by atoms with Crippen LogP contribution in [0.5, 0.6) is 0 Å². The van der Waals surface area contributed by atoms with Crippen molar-refractivity contribution >= 4 is 5.82 Å². The second-order valence-corrected chi connectivity index (χ2v) is 5.77. The van der Waals surface area contributed by atoms with E-state index in [9.17, 15) is 4.39 Å². The number of pyridine rings is 1. The summed E-state index contributed by atoms with van der Waals surface area (Å²) >= 11 is 0. The van der Waals surface area contributed by atoms with Crippen LogP contribution in [0, 0.1) is 17.1 Å². The fourth-order valence-corrected chi connectivity index (χ4v) is 2.93. The van der Waals surface area contributed by atoms with Crippen LogP contribution in [0.3, 0.4) is 0 Å². The molecular weight excluding hydrogens is 305 g/mol. The molecule has 24 heavy (non-hydrogen) atoms. The molecule has 1 aromatic carbocycles. The van der Waals surface area contributed by atoms with Gasteiger partial charge in [-0.2, -0.15) is 10.4 Å². The number of nitrogens with zero attached hydrogens (tertiary/aromatic N) is 5. The Morgan fingerprint density at radius 2 is 2.00 bits per heavy atom. The van der Waals surface area contributed by atoms with E-state index in [2.05, 4.69) is 21.1 Å².